The van der Waals surface area contributed by atoms with Crippen molar-refractivity contribution in [3.05, 3.63) is 0 Å². The molecule has 2 unspecified atom stereocenters. The molecule has 1 aliphatic rings. The summed E-state index contributed by atoms with van der Waals surface area (Å²) in [5, 5.41) is 5.09. The maximum absolute atomic E-state index is 5.64. The Balaban J connectivity index is 2.35. The Hall–Kier alpha value is -0.120. The van der Waals surface area contributed by atoms with Gasteiger partial charge in [-0.3, -0.25) is 5.84 Å². The monoisotopic (exact) mass is 129 g/mol. The van der Waals surface area contributed by atoms with Crippen molar-refractivity contribution >= 4 is 0 Å². The average molecular weight is 129 g/mol. The first-order valence-corrected chi connectivity index (χ1v) is 3.42. The standard InChI is InChI=1S/C6H15N3/c1-5-3-6(8-2)4-9(5)7/h5-6,8H,3-4,7H2,1-2H3. The van der Waals surface area contributed by atoms with Crippen LogP contribution >= 0.6 is 0 Å². The molecular weight excluding hydrogens is 114 g/mol. The van der Waals surface area contributed by atoms with Crippen LogP contribution in [-0.4, -0.2) is 30.7 Å². The number of hydrogen-bond acceptors (Lipinski definition) is 3. The van der Waals surface area contributed by atoms with Crippen molar-refractivity contribution in [2.24, 2.45) is 5.84 Å². The summed E-state index contributed by atoms with van der Waals surface area (Å²) in [6.07, 6.45) is 1.17. The van der Waals surface area contributed by atoms with E-state index in [4.69, 9.17) is 5.84 Å². The molecule has 0 radical (unpaired) electrons. The summed E-state index contributed by atoms with van der Waals surface area (Å²) in [5.74, 6) is 5.64. The second kappa shape index (κ2) is 2.64. The van der Waals surface area contributed by atoms with E-state index in [1.54, 1.807) is 0 Å². The summed E-state index contributed by atoms with van der Waals surface area (Å²) in [4.78, 5) is 0. The highest BCUT2D eigenvalue weighted by atomic mass is 15.4. The lowest BCUT2D eigenvalue weighted by molar-refractivity contribution is 0.275. The third-order valence-electron chi connectivity index (χ3n) is 2.03. The van der Waals surface area contributed by atoms with Gasteiger partial charge < -0.3 is 5.32 Å². The van der Waals surface area contributed by atoms with Crippen LogP contribution in [0.25, 0.3) is 0 Å². The van der Waals surface area contributed by atoms with Gasteiger partial charge in [-0.15, -0.1) is 0 Å². The molecule has 1 fully saturated rings. The lowest BCUT2D eigenvalue weighted by Crippen LogP contribution is -2.36. The van der Waals surface area contributed by atoms with Crippen molar-refractivity contribution in [3.63, 3.8) is 0 Å². The van der Waals surface area contributed by atoms with Crippen LogP contribution < -0.4 is 11.2 Å². The van der Waals surface area contributed by atoms with Gasteiger partial charge in [-0.25, -0.2) is 5.01 Å². The molecule has 0 saturated carbocycles. The molecule has 3 N–H and O–H groups in total. The van der Waals surface area contributed by atoms with Gasteiger partial charge in [0.1, 0.15) is 0 Å². The normalized spacial score (nSPS) is 37.7. The topological polar surface area (TPSA) is 41.3 Å². The quantitative estimate of drug-likeness (QED) is 0.471. The van der Waals surface area contributed by atoms with E-state index in [2.05, 4.69) is 12.2 Å². The predicted molar refractivity (Wildman–Crippen MR) is 37.8 cm³/mol. The van der Waals surface area contributed by atoms with E-state index in [9.17, 15) is 0 Å². The van der Waals surface area contributed by atoms with Gasteiger partial charge in [-0.2, -0.15) is 0 Å². The summed E-state index contributed by atoms with van der Waals surface area (Å²) in [5.41, 5.74) is 0. The van der Waals surface area contributed by atoms with Gasteiger partial charge in [0.25, 0.3) is 0 Å². The van der Waals surface area contributed by atoms with Gasteiger partial charge >= 0.3 is 0 Å². The van der Waals surface area contributed by atoms with E-state index in [1.807, 2.05) is 12.1 Å². The van der Waals surface area contributed by atoms with E-state index >= 15 is 0 Å². The van der Waals surface area contributed by atoms with Gasteiger partial charge in [0.05, 0.1) is 0 Å². The van der Waals surface area contributed by atoms with Gasteiger partial charge in [-0.1, -0.05) is 0 Å². The SMILES string of the molecule is CNC1CC(C)N(N)C1. The van der Waals surface area contributed by atoms with Gasteiger partial charge in [0.15, 0.2) is 0 Å². The lowest BCUT2D eigenvalue weighted by atomic mass is 10.2. The van der Waals surface area contributed by atoms with Gasteiger partial charge in [0, 0.05) is 18.6 Å². The summed E-state index contributed by atoms with van der Waals surface area (Å²) in [6, 6.07) is 1.15. The first kappa shape index (κ1) is 6.99. The van der Waals surface area contributed by atoms with E-state index in [0.717, 1.165) is 6.54 Å². The number of nitrogens with zero attached hydrogens (tertiary/aromatic N) is 1. The van der Waals surface area contributed by atoms with Crippen molar-refractivity contribution in [3.8, 4) is 0 Å². The Kier molecular flexibility index (Phi) is 2.05. The number of nitrogens with two attached hydrogens (primary N) is 1. The van der Waals surface area contributed by atoms with Crippen LogP contribution in [0.4, 0.5) is 0 Å². The Labute approximate surface area is 56.2 Å². The summed E-state index contributed by atoms with van der Waals surface area (Å²) >= 11 is 0. The molecule has 0 spiro atoms. The molecule has 1 rings (SSSR count). The van der Waals surface area contributed by atoms with Gasteiger partial charge in [0.2, 0.25) is 0 Å². The summed E-state index contributed by atoms with van der Waals surface area (Å²) in [6.45, 7) is 3.13. The predicted octanol–water partition coefficient (Wildman–Crippen LogP) is -0.458. The van der Waals surface area contributed by atoms with Crippen molar-refractivity contribution in [2.75, 3.05) is 13.6 Å². The molecule has 0 bridgehead atoms. The second-order valence-electron chi connectivity index (χ2n) is 2.77. The molecule has 2 atom stereocenters. The molecule has 1 heterocycles. The van der Waals surface area contributed by atoms with E-state index in [1.165, 1.54) is 6.42 Å². The molecular formula is C6H15N3. The Bertz CT molecular complexity index is 84.3. The Morgan fingerprint density at radius 2 is 2.33 bits per heavy atom. The zero-order chi connectivity index (χ0) is 6.85. The molecule has 3 heteroatoms. The first-order valence-electron chi connectivity index (χ1n) is 3.42. The van der Waals surface area contributed by atoms with Crippen LogP contribution in [0.1, 0.15) is 13.3 Å². The van der Waals surface area contributed by atoms with Crippen molar-refractivity contribution in [1.29, 1.82) is 0 Å². The van der Waals surface area contributed by atoms with Crippen LogP contribution in [-0.2, 0) is 0 Å². The highest BCUT2D eigenvalue weighted by Crippen LogP contribution is 2.11. The zero-order valence-electron chi connectivity index (χ0n) is 6.09. The average Bonchev–Trinajstić information content (AvgIpc) is 2.13. The number of hydrogen-bond donors (Lipinski definition) is 2. The lowest BCUT2D eigenvalue weighted by Gasteiger charge is -2.11. The van der Waals surface area contributed by atoms with Crippen LogP contribution in [0.2, 0.25) is 0 Å². The Morgan fingerprint density at radius 3 is 2.56 bits per heavy atom. The van der Waals surface area contributed by atoms with E-state index in [-0.39, 0.29) is 0 Å². The first-order chi connectivity index (χ1) is 4.24. The van der Waals surface area contributed by atoms with Crippen LogP contribution in [0.3, 0.4) is 0 Å². The van der Waals surface area contributed by atoms with E-state index in [0.29, 0.717) is 12.1 Å². The fraction of sp³-hybridized carbons (Fsp3) is 1.00. The number of hydrazine groups is 1. The smallest absolute Gasteiger partial charge is 0.0286 e. The van der Waals surface area contributed by atoms with Gasteiger partial charge in [-0.05, 0) is 20.4 Å². The van der Waals surface area contributed by atoms with Crippen LogP contribution in [0.15, 0.2) is 0 Å². The molecule has 1 saturated heterocycles. The summed E-state index contributed by atoms with van der Waals surface area (Å²) in [7, 11) is 1.98. The highest BCUT2D eigenvalue weighted by Gasteiger charge is 2.24. The minimum Gasteiger partial charge on any atom is -0.316 e. The molecule has 54 valence electrons. The third-order valence-corrected chi connectivity index (χ3v) is 2.03. The highest BCUT2D eigenvalue weighted by molar-refractivity contribution is 4.82. The van der Waals surface area contributed by atoms with Crippen molar-refractivity contribution < 1.29 is 0 Å². The molecule has 0 aliphatic carbocycles. The second-order valence-corrected chi connectivity index (χ2v) is 2.77. The molecule has 0 aromatic rings. The van der Waals surface area contributed by atoms with E-state index < -0.39 is 0 Å². The Morgan fingerprint density at radius 1 is 1.67 bits per heavy atom. The minimum absolute atomic E-state index is 0.544. The molecule has 0 amide bonds. The molecule has 0 aromatic carbocycles. The van der Waals surface area contributed by atoms with Crippen molar-refractivity contribution in [2.45, 2.75) is 25.4 Å². The largest absolute Gasteiger partial charge is 0.316 e. The minimum atomic E-state index is 0.544. The van der Waals surface area contributed by atoms with Crippen molar-refractivity contribution in [1.82, 2.24) is 10.3 Å². The fourth-order valence-electron chi connectivity index (χ4n) is 1.27. The van der Waals surface area contributed by atoms with Crippen LogP contribution in [0, 0.1) is 0 Å². The molecule has 9 heavy (non-hydrogen) atoms. The fourth-order valence-corrected chi connectivity index (χ4v) is 1.27. The van der Waals surface area contributed by atoms with Crippen LogP contribution in [0.5, 0.6) is 0 Å². The number of rotatable bonds is 1. The molecule has 1 aliphatic heterocycles. The summed E-state index contributed by atoms with van der Waals surface area (Å²) < 4.78 is 0. The maximum Gasteiger partial charge on any atom is 0.0286 e. The zero-order valence-corrected chi connectivity index (χ0v) is 6.09. The number of nitrogens with one attached hydrogen (secondary N) is 1. The maximum atomic E-state index is 5.64. The third kappa shape index (κ3) is 1.41. The molecule has 0 aromatic heterocycles. The molecule has 3 nitrogen and oxygen atoms in total. The number of likely N-dealkylation sites (N-methyl/N-ethyl adjacent to an activating group) is 1.